The molecule has 1 spiro atoms. The van der Waals surface area contributed by atoms with Crippen molar-refractivity contribution in [2.75, 3.05) is 4.90 Å². The minimum absolute atomic E-state index is 0.537. The van der Waals surface area contributed by atoms with Crippen LogP contribution in [0.2, 0.25) is 0 Å². The highest BCUT2D eigenvalue weighted by molar-refractivity contribution is 6.13. The van der Waals surface area contributed by atoms with Crippen molar-refractivity contribution < 1.29 is 4.42 Å². The Bertz CT molecular complexity index is 3120. The number of hydrogen-bond donors (Lipinski definition) is 0. The van der Waals surface area contributed by atoms with Crippen molar-refractivity contribution in [2.24, 2.45) is 0 Å². The number of hydrogen-bond acceptors (Lipinski definition) is 2. The van der Waals surface area contributed by atoms with Crippen LogP contribution < -0.4 is 4.90 Å². The van der Waals surface area contributed by atoms with Gasteiger partial charge in [-0.1, -0.05) is 164 Å². The number of anilines is 3. The van der Waals surface area contributed by atoms with Crippen LogP contribution in [0.3, 0.4) is 0 Å². The van der Waals surface area contributed by atoms with Gasteiger partial charge in [0.2, 0.25) is 0 Å². The largest absolute Gasteiger partial charge is 0.455 e. The predicted octanol–water partition coefficient (Wildman–Crippen LogP) is 14.7. The van der Waals surface area contributed by atoms with Gasteiger partial charge in [-0.3, -0.25) is 0 Å². The molecule has 0 bridgehead atoms. The van der Waals surface area contributed by atoms with Gasteiger partial charge >= 0.3 is 0 Å². The summed E-state index contributed by atoms with van der Waals surface area (Å²) >= 11 is 0. The van der Waals surface area contributed by atoms with Gasteiger partial charge in [0.1, 0.15) is 11.2 Å². The zero-order valence-electron chi connectivity index (χ0n) is 31.1. The number of para-hydroxylation sites is 2. The summed E-state index contributed by atoms with van der Waals surface area (Å²) in [5, 5.41) is 2.30. The van der Waals surface area contributed by atoms with E-state index in [-0.39, 0.29) is 0 Å². The number of rotatable bonds is 5. The van der Waals surface area contributed by atoms with E-state index in [1.54, 1.807) is 0 Å². The highest BCUT2D eigenvalue weighted by Crippen LogP contribution is 2.64. The molecule has 0 aliphatic heterocycles. The van der Waals surface area contributed by atoms with Gasteiger partial charge in [0.15, 0.2) is 0 Å². The topological polar surface area (TPSA) is 16.4 Å². The molecule has 2 nitrogen and oxygen atoms in total. The van der Waals surface area contributed by atoms with E-state index >= 15 is 0 Å². The minimum atomic E-state index is -0.537. The molecule has 1 heterocycles. The standard InChI is InChI=1S/C55H35NO/c1-4-16-36(17-5-1)38-32-39(37-18-6-2-7-19-37)34-42(33-38)56(40-20-8-3-9-21-40)41-28-29-44-43-22-10-13-25-48(43)55(51(44)35-41)49-26-14-11-24-47(49)53-50(55)31-30-46-45-23-12-15-27-52(45)57-54(46)53/h1-35H. The fraction of sp³-hybridized carbons (Fsp3) is 0.0182. The Balaban J connectivity index is 1.14. The van der Waals surface area contributed by atoms with Crippen molar-refractivity contribution >= 4 is 39.0 Å². The third-order valence-corrected chi connectivity index (χ3v) is 12.2. The summed E-state index contributed by atoms with van der Waals surface area (Å²) in [6, 6.07) is 77.4. The SMILES string of the molecule is c1ccc(-c2cc(-c3ccccc3)cc(N(c3ccccc3)c3ccc4c(c3)C3(c5ccccc5-4)c4ccccc4-c4c3ccc3c4oc4ccccc43)c2)cc1. The highest BCUT2D eigenvalue weighted by Gasteiger charge is 2.52. The van der Waals surface area contributed by atoms with E-state index in [1.807, 2.05) is 0 Å². The normalized spacial score (nSPS) is 14.7. The maximum absolute atomic E-state index is 6.80. The lowest BCUT2D eigenvalue weighted by Crippen LogP contribution is -2.26. The second kappa shape index (κ2) is 12.3. The molecular formula is C55H35NO. The molecule has 0 saturated heterocycles. The number of benzene rings is 9. The fourth-order valence-corrected chi connectivity index (χ4v) is 9.89. The van der Waals surface area contributed by atoms with Crippen LogP contribution in [-0.4, -0.2) is 0 Å². The molecule has 57 heavy (non-hydrogen) atoms. The highest BCUT2D eigenvalue weighted by atomic mass is 16.3. The molecular weight excluding hydrogens is 691 g/mol. The van der Waals surface area contributed by atoms with Crippen LogP contribution in [0.4, 0.5) is 17.1 Å². The Morgan fingerprint density at radius 1 is 0.333 bits per heavy atom. The van der Waals surface area contributed by atoms with Gasteiger partial charge in [-0.15, -0.1) is 0 Å². The lowest BCUT2D eigenvalue weighted by Gasteiger charge is -2.32. The molecule has 0 N–H and O–H groups in total. The van der Waals surface area contributed by atoms with Crippen LogP contribution in [0.15, 0.2) is 217 Å². The minimum Gasteiger partial charge on any atom is -0.455 e. The molecule has 1 unspecified atom stereocenters. The van der Waals surface area contributed by atoms with Crippen LogP contribution in [-0.2, 0) is 5.41 Å². The molecule has 0 amide bonds. The quantitative estimate of drug-likeness (QED) is 0.176. The number of nitrogens with zero attached hydrogens (tertiary/aromatic N) is 1. The summed E-state index contributed by atoms with van der Waals surface area (Å²) in [6.07, 6.45) is 0. The summed E-state index contributed by atoms with van der Waals surface area (Å²) in [4.78, 5) is 2.43. The van der Waals surface area contributed by atoms with Crippen molar-refractivity contribution in [3.8, 4) is 44.5 Å². The van der Waals surface area contributed by atoms with Crippen molar-refractivity contribution in [3.63, 3.8) is 0 Å². The van der Waals surface area contributed by atoms with Gasteiger partial charge in [-0.05, 0) is 110 Å². The fourth-order valence-electron chi connectivity index (χ4n) is 9.89. The van der Waals surface area contributed by atoms with E-state index in [9.17, 15) is 0 Å². The van der Waals surface area contributed by atoms with Crippen LogP contribution in [0.25, 0.3) is 66.4 Å². The average Bonchev–Trinajstić information content (AvgIpc) is 3.91. The molecule has 9 aromatic carbocycles. The van der Waals surface area contributed by atoms with E-state index < -0.39 is 5.41 Å². The molecule has 266 valence electrons. The van der Waals surface area contributed by atoms with Crippen LogP contribution in [0, 0.1) is 0 Å². The van der Waals surface area contributed by atoms with Gasteiger partial charge in [-0.25, -0.2) is 0 Å². The Labute approximate surface area is 331 Å². The van der Waals surface area contributed by atoms with E-state index in [4.69, 9.17) is 4.42 Å². The predicted molar refractivity (Wildman–Crippen MR) is 236 cm³/mol. The summed E-state index contributed by atoms with van der Waals surface area (Å²) in [5.74, 6) is 0. The summed E-state index contributed by atoms with van der Waals surface area (Å²) < 4.78 is 6.80. The lowest BCUT2D eigenvalue weighted by molar-refractivity contribution is 0.669. The molecule has 0 fully saturated rings. The summed E-state index contributed by atoms with van der Waals surface area (Å²) in [5.41, 5.74) is 19.5. The first-order valence-corrected chi connectivity index (χ1v) is 19.7. The third-order valence-electron chi connectivity index (χ3n) is 12.2. The zero-order valence-corrected chi connectivity index (χ0v) is 31.1. The van der Waals surface area contributed by atoms with Crippen LogP contribution in [0.1, 0.15) is 22.3 Å². The molecule has 2 aliphatic rings. The van der Waals surface area contributed by atoms with E-state index in [0.29, 0.717) is 0 Å². The van der Waals surface area contributed by atoms with Crippen LogP contribution in [0.5, 0.6) is 0 Å². The molecule has 10 aromatic rings. The van der Waals surface area contributed by atoms with Crippen molar-refractivity contribution in [1.82, 2.24) is 0 Å². The average molecular weight is 726 g/mol. The first-order chi connectivity index (χ1) is 28.3. The molecule has 0 saturated carbocycles. The summed E-state index contributed by atoms with van der Waals surface area (Å²) in [7, 11) is 0. The lowest BCUT2D eigenvalue weighted by atomic mass is 9.70. The van der Waals surface area contributed by atoms with E-state index in [2.05, 4.69) is 217 Å². The van der Waals surface area contributed by atoms with E-state index in [1.165, 1.54) is 66.8 Å². The molecule has 2 aliphatic carbocycles. The number of furan rings is 1. The van der Waals surface area contributed by atoms with Gasteiger partial charge in [0, 0.05) is 33.4 Å². The maximum Gasteiger partial charge on any atom is 0.143 e. The molecule has 1 atom stereocenters. The van der Waals surface area contributed by atoms with Crippen molar-refractivity contribution in [3.05, 3.63) is 235 Å². The number of fused-ring (bicyclic) bond motifs is 14. The van der Waals surface area contributed by atoms with Gasteiger partial charge in [0.25, 0.3) is 0 Å². The van der Waals surface area contributed by atoms with Crippen LogP contribution >= 0.6 is 0 Å². The van der Waals surface area contributed by atoms with Gasteiger partial charge in [-0.2, -0.15) is 0 Å². The van der Waals surface area contributed by atoms with Crippen molar-refractivity contribution in [2.45, 2.75) is 5.41 Å². The molecule has 12 rings (SSSR count). The summed E-state index contributed by atoms with van der Waals surface area (Å²) in [6.45, 7) is 0. The smallest absolute Gasteiger partial charge is 0.143 e. The second-order valence-electron chi connectivity index (χ2n) is 15.2. The van der Waals surface area contributed by atoms with Gasteiger partial charge < -0.3 is 9.32 Å². The monoisotopic (exact) mass is 725 g/mol. The van der Waals surface area contributed by atoms with E-state index in [0.717, 1.165) is 39.0 Å². The Kier molecular flexibility index (Phi) is 6.88. The Morgan fingerprint density at radius 3 is 1.63 bits per heavy atom. The Hall–Kier alpha value is -7.42. The first-order valence-electron chi connectivity index (χ1n) is 19.7. The maximum atomic E-state index is 6.80. The first kappa shape index (κ1) is 31.9. The molecule has 2 heteroatoms. The van der Waals surface area contributed by atoms with Crippen molar-refractivity contribution in [1.29, 1.82) is 0 Å². The molecule has 1 aromatic heterocycles. The third kappa shape index (κ3) is 4.59. The zero-order chi connectivity index (χ0) is 37.5. The van der Waals surface area contributed by atoms with Gasteiger partial charge in [0.05, 0.1) is 5.41 Å². The molecule has 0 radical (unpaired) electrons. The Morgan fingerprint density at radius 2 is 0.912 bits per heavy atom. The second-order valence-corrected chi connectivity index (χ2v) is 15.2.